The van der Waals surface area contributed by atoms with Gasteiger partial charge in [0.25, 0.3) is 0 Å². The van der Waals surface area contributed by atoms with Crippen LogP contribution in [0.15, 0.2) is 0 Å². The first kappa shape index (κ1) is 13.9. The summed E-state index contributed by atoms with van der Waals surface area (Å²) in [6.07, 6.45) is 0.893. The summed E-state index contributed by atoms with van der Waals surface area (Å²) in [5.41, 5.74) is 0. The molecule has 15 heavy (non-hydrogen) atoms. The number of nitrogens with one attached hydrogen (secondary N) is 2. The van der Waals surface area contributed by atoms with Gasteiger partial charge < -0.3 is 15.7 Å². The maximum absolute atomic E-state index is 11.4. The molecule has 0 aliphatic carbocycles. The van der Waals surface area contributed by atoms with Crippen LogP contribution in [-0.2, 0) is 9.59 Å². The van der Waals surface area contributed by atoms with Crippen LogP contribution >= 0.6 is 0 Å². The number of carbonyl (C=O) groups excluding carboxylic acids is 1. The van der Waals surface area contributed by atoms with Crippen molar-refractivity contribution in [2.75, 3.05) is 13.1 Å². The lowest BCUT2D eigenvalue weighted by atomic mass is 10.1. The lowest BCUT2D eigenvalue weighted by Crippen LogP contribution is -2.44. The molecule has 0 aromatic carbocycles. The number of carboxylic acid groups (broad SMARTS) is 1. The van der Waals surface area contributed by atoms with Crippen molar-refractivity contribution in [2.45, 2.75) is 33.2 Å². The molecule has 0 aliphatic rings. The first-order valence-corrected chi connectivity index (χ1v) is 5.23. The Morgan fingerprint density at radius 1 is 1.33 bits per heavy atom. The van der Waals surface area contributed by atoms with Crippen LogP contribution < -0.4 is 10.6 Å². The van der Waals surface area contributed by atoms with Crippen molar-refractivity contribution in [1.82, 2.24) is 10.6 Å². The monoisotopic (exact) mass is 216 g/mol. The molecule has 0 radical (unpaired) electrons. The summed E-state index contributed by atoms with van der Waals surface area (Å²) >= 11 is 0. The zero-order chi connectivity index (χ0) is 11.8. The second-order valence-corrected chi connectivity index (χ2v) is 3.66. The molecule has 1 amide bonds. The Bertz CT molecular complexity index is 219. The minimum absolute atomic E-state index is 0.0885. The fraction of sp³-hybridized carbons (Fsp3) is 0.800. The lowest BCUT2D eigenvalue weighted by molar-refractivity contribution is -0.141. The predicted octanol–water partition coefficient (Wildman–Crippen LogP) is 0.211. The number of amides is 1. The summed E-state index contributed by atoms with van der Waals surface area (Å²) in [4.78, 5) is 21.9. The largest absolute Gasteiger partial charge is 0.481 e. The highest BCUT2D eigenvalue weighted by Gasteiger charge is 2.15. The van der Waals surface area contributed by atoms with E-state index in [1.165, 1.54) is 0 Å². The summed E-state index contributed by atoms with van der Waals surface area (Å²) in [6, 6.07) is -0.349. The van der Waals surface area contributed by atoms with E-state index in [1.807, 2.05) is 6.92 Å². The lowest BCUT2D eigenvalue weighted by Gasteiger charge is -2.15. The van der Waals surface area contributed by atoms with Crippen molar-refractivity contribution in [1.29, 1.82) is 0 Å². The molecule has 88 valence electrons. The van der Waals surface area contributed by atoms with Crippen LogP contribution in [0.3, 0.4) is 0 Å². The Kier molecular flexibility index (Phi) is 6.70. The number of carbonyl (C=O) groups is 2. The Labute approximate surface area is 90.2 Å². The fourth-order valence-corrected chi connectivity index (χ4v) is 0.935. The number of hydrogen-bond acceptors (Lipinski definition) is 3. The Hall–Kier alpha value is -1.10. The standard InChI is InChI=1S/C10H20N2O3/c1-4-5-11-9(13)8(3)12-6-7(2)10(14)15/h7-8,12H,4-6H2,1-3H3,(H,11,13)(H,14,15). The highest BCUT2D eigenvalue weighted by Crippen LogP contribution is 1.93. The topological polar surface area (TPSA) is 78.4 Å². The predicted molar refractivity (Wildman–Crippen MR) is 57.6 cm³/mol. The maximum atomic E-state index is 11.4. The quantitative estimate of drug-likeness (QED) is 0.568. The van der Waals surface area contributed by atoms with Crippen LogP contribution in [0.25, 0.3) is 0 Å². The molecule has 0 fully saturated rings. The summed E-state index contributed by atoms with van der Waals surface area (Å²) in [7, 11) is 0. The molecular formula is C10H20N2O3. The summed E-state index contributed by atoms with van der Waals surface area (Å²) in [6.45, 7) is 6.26. The van der Waals surface area contributed by atoms with Gasteiger partial charge in [-0.05, 0) is 13.3 Å². The van der Waals surface area contributed by atoms with Crippen LogP contribution in [-0.4, -0.2) is 36.1 Å². The second-order valence-electron chi connectivity index (χ2n) is 3.66. The van der Waals surface area contributed by atoms with Crippen molar-refractivity contribution >= 4 is 11.9 Å². The van der Waals surface area contributed by atoms with Gasteiger partial charge in [0.15, 0.2) is 0 Å². The van der Waals surface area contributed by atoms with E-state index in [1.54, 1.807) is 13.8 Å². The van der Waals surface area contributed by atoms with Gasteiger partial charge in [-0.25, -0.2) is 0 Å². The van der Waals surface area contributed by atoms with E-state index >= 15 is 0 Å². The molecule has 2 unspecified atom stereocenters. The molecule has 5 heteroatoms. The van der Waals surface area contributed by atoms with E-state index in [2.05, 4.69) is 10.6 Å². The van der Waals surface area contributed by atoms with Crippen LogP contribution in [0, 0.1) is 5.92 Å². The minimum Gasteiger partial charge on any atom is -0.481 e. The van der Waals surface area contributed by atoms with E-state index in [-0.39, 0.29) is 11.9 Å². The van der Waals surface area contributed by atoms with Gasteiger partial charge in [0.1, 0.15) is 0 Å². The fourth-order valence-electron chi connectivity index (χ4n) is 0.935. The third-order valence-electron chi connectivity index (χ3n) is 2.09. The number of carboxylic acids is 1. The Morgan fingerprint density at radius 2 is 1.93 bits per heavy atom. The minimum atomic E-state index is -0.858. The molecule has 3 N–H and O–H groups in total. The van der Waals surface area contributed by atoms with Gasteiger partial charge in [-0.3, -0.25) is 9.59 Å². The molecule has 0 aliphatic heterocycles. The Morgan fingerprint density at radius 3 is 2.40 bits per heavy atom. The summed E-state index contributed by atoms with van der Waals surface area (Å²) in [5.74, 6) is -1.43. The van der Waals surface area contributed by atoms with Crippen LogP contribution in [0.4, 0.5) is 0 Å². The van der Waals surface area contributed by atoms with Crippen molar-refractivity contribution in [3.63, 3.8) is 0 Å². The van der Waals surface area contributed by atoms with E-state index in [0.29, 0.717) is 13.1 Å². The number of hydrogen-bond donors (Lipinski definition) is 3. The molecule has 0 rings (SSSR count). The average Bonchev–Trinajstić information content (AvgIpc) is 2.21. The molecular weight excluding hydrogens is 196 g/mol. The van der Waals surface area contributed by atoms with Gasteiger partial charge >= 0.3 is 5.97 Å². The molecule has 0 heterocycles. The van der Waals surface area contributed by atoms with Crippen LogP contribution in [0.5, 0.6) is 0 Å². The normalized spacial score (nSPS) is 14.3. The molecule has 0 saturated heterocycles. The number of aliphatic carboxylic acids is 1. The third kappa shape index (κ3) is 6.06. The zero-order valence-corrected chi connectivity index (χ0v) is 9.54. The smallest absolute Gasteiger partial charge is 0.307 e. The van der Waals surface area contributed by atoms with Crippen molar-refractivity contribution < 1.29 is 14.7 Å². The van der Waals surface area contributed by atoms with Gasteiger partial charge in [-0.2, -0.15) is 0 Å². The van der Waals surface area contributed by atoms with Crippen LogP contribution in [0.2, 0.25) is 0 Å². The van der Waals surface area contributed by atoms with Crippen molar-refractivity contribution in [3.05, 3.63) is 0 Å². The number of rotatable bonds is 7. The van der Waals surface area contributed by atoms with Gasteiger partial charge in [-0.15, -0.1) is 0 Å². The van der Waals surface area contributed by atoms with Gasteiger partial charge in [0.2, 0.25) is 5.91 Å². The van der Waals surface area contributed by atoms with Crippen molar-refractivity contribution in [3.8, 4) is 0 Å². The first-order chi connectivity index (χ1) is 6.99. The third-order valence-corrected chi connectivity index (χ3v) is 2.09. The second kappa shape index (κ2) is 7.23. The van der Waals surface area contributed by atoms with Crippen molar-refractivity contribution in [2.24, 2.45) is 5.92 Å². The van der Waals surface area contributed by atoms with Crippen LogP contribution in [0.1, 0.15) is 27.2 Å². The van der Waals surface area contributed by atoms with E-state index in [9.17, 15) is 9.59 Å². The van der Waals surface area contributed by atoms with Gasteiger partial charge in [0, 0.05) is 13.1 Å². The average molecular weight is 216 g/mol. The SMILES string of the molecule is CCCNC(=O)C(C)NCC(C)C(=O)O. The van der Waals surface area contributed by atoms with E-state index in [0.717, 1.165) is 6.42 Å². The zero-order valence-electron chi connectivity index (χ0n) is 9.54. The first-order valence-electron chi connectivity index (χ1n) is 5.23. The molecule has 0 saturated carbocycles. The molecule has 0 bridgehead atoms. The molecule has 2 atom stereocenters. The highest BCUT2D eigenvalue weighted by molar-refractivity contribution is 5.81. The molecule has 0 spiro atoms. The summed E-state index contributed by atoms with van der Waals surface area (Å²) in [5, 5.41) is 14.3. The van der Waals surface area contributed by atoms with E-state index in [4.69, 9.17) is 5.11 Å². The van der Waals surface area contributed by atoms with Gasteiger partial charge in [-0.1, -0.05) is 13.8 Å². The molecule has 5 nitrogen and oxygen atoms in total. The maximum Gasteiger partial charge on any atom is 0.307 e. The molecule has 0 aromatic rings. The Balaban J connectivity index is 3.77. The van der Waals surface area contributed by atoms with Gasteiger partial charge in [0.05, 0.1) is 12.0 Å². The van der Waals surface area contributed by atoms with E-state index < -0.39 is 11.9 Å². The molecule has 0 aromatic heterocycles. The highest BCUT2D eigenvalue weighted by atomic mass is 16.4. The summed E-state index contributed by atoms with van der Waals surface area (Å²) < 4.78 is 0.